The predicted molar refractivity (Wildman–Crippen MR) is 123 cm³/mol. The first-order chi connectivity index (χ1) is 14.8. The van der Waals surface area contributed by atoms with Gasteiger partial charge in [0.2, 0.25) is 5.91 Å². The lowest BCUT2D eigenvalue weighted by Gasteiger charge is -2.27. The van der Waals surface area contributed by atoms with Gasteiger partial charge in [0.1, 0.15) is 6.04 Å². The highest BCUT2D eigenvalue weighted by Crippen LogP contribution is 2.21. The molecule has 0 spiro atoms. The van der Waals surface area contributed by atoms with E-state index in [-0.39, 0.29) is 22.4 Å². The second kappa shape index (κ2) is 9.98. The van der Waals surface area contributed by atoms with E-state index < -0.39 is 11.9 Å². The lowest BCUT2D eigenvalue weighted by Crippen LogP contribution is -2.50. The zero-order chi connectivity index (χ0) is 22.5. The molecule has 1 N–H and O–H groups in total. The number of benzene rings is 2. The maximum atomic E-state index is 13.1. The molecule has 0 aliphatic rings. The minimum atomic E-state index is -0.701. The molecule has 1 aromatic heterocycles. The molecule has 0 fully saturated rings. The summed E-state index contributed by atoms with van der Waals surface area (Å²) in [5, 5.41) is 7.86. The molecule has 1 heterocycles. The molecule has 8 heteroatoms. The first kappa shape index (κ1) is 22.8. The molecule has 3 rings (SSSR count). The lowest BCUT2D eigenvalue weighted by atomic mass is 10.0. The number of rotatable bonds is 7. The fourth-order valence-corrected chi connectivity index (χ4v) is 3.65. The molecule has 162 valence electrons. The average Bonchev–Trinajstić information content (AvgIpc) is 3.20. The summed E-state index contributed by atoms with van der Waals surface area (Å²) in [6.45, 7) is 4.13. The summed E-state index contributed by atoms with van der Waals surface area (Å²) in [4.78, 5) is 27.4. The van der Waals surface area contributed by atoms with Crippen LogP contribution >= 0.6 is 23.2 Å². The van der Waals surface area contributed by atoms with Gasteiger partial charge in [-0.25, -0.2) is 4.68 Å². The molecule has 0 radical (unpaired) electrons. The number of nitrogens with zero attached hydrogens (tertiary/aromatic N) is 3. The van der Waals surface area contributed by atoms with Gasteiger partial charge in [0.15, 0.2) is 0 Å². The molecule has 1 atom stereocenters. The highest BCUT2D eigenvalue weighted by molar-refractivity contribution is 6.36. The smallest absolute Gasteiger partial charge is 0.253 e. The summed E-state index contributed by atoms with van der Waals surface area (Å²) in [5.41, 5.74) is 2.10. The van der Waals surface area contributed by atoms with Crippen LogP contribution < -0.4 is 5.32 Å². The summed E-state index contributed by atoms with van der Waals surface area (Å²) >= 11 is 12.0. The van der Waals surface area contributed by atoms with Crippen molar-refractivity contribution in [1.82, 2.24) is 20.0 Å². The third-order valence-electron chi connectivity index (χ3n) is 4.85. The minimum Gasteiger partial charge on any atom is -0.340 e. The van der Waals surface area contributed by atoms with Gasteiger partial charge in [-0.15, -0.1) is 0 Å². The Balaban J connectivity index is 1.69. The molecule has 0 saturated carbocycles. The Morgan fingerprint density at radius 3 is 2.48 bits per heavy atom. The summed E-state index contributed by atoms with van der Waals surface area (Å²) in [6.07, 6.45) is 3.61. The molecule has 3 aromatic rings. The van der Waals surface area contributed by atoms with Crippen LogP contribution in [0.3, 0.4) is 0 Å². The minimum absolute atomic E-state index is 0.114. The first-order valence-electron chi connectivity index (χ1n) is 9.86. The van der Waals surface area contributed by atoms with Crippen molar-refractivity contribution >= 4 is 35.0 Å². The van der Waals surface area contributed by atoms with Crippen molar-refractivity contribution in [3.63, 3.8) is 0 Å². The molecule has 0 saturated heterocycles. The number of nitrogens with one attached hydrogen (secondary N) is 1. The number of hydrogen-bond acceptors (Lipinski definition) is 3. The van der Waals surface area contributed by atoms with Gasteiger partial charge in [0.25, 0.3) is 5.91 Å². The fraction of sp³-hybridized carbons (Fsp3) is 0.261. The fourth-order valence-electron chi connectivity index (χ4n) is 3.16. The second-order valence-electron chi connectivity index (χ2n) is 7.64. The van der Waals surface area contributed by atoms with Crippen LogP contribution in [-0.4, -0.2) is 39.6 Å². The number of aromatic nitrogens is 2. The van der Waals surface area contributed by atoms with E-state index in [1.165, 1.54) is 6.07 Å². The van der Waals surface area contributed by atoms with Crippen molar-refractivity contribution in [1.29, 1.82) is 0 Å². The number of carbonyl (C=O) groups is 2. The monoisotopic (exact) mass is 458 g/mol. The zero-order valence-electron chi connectivity index (χ0n) is 17.5. The quantitative estimate of drug-likeness (QED) is 0.562. The van der Waals surface area contributed by atoms with Crippen molar-refractivity contribution in [3.05, 3.63) is 82.1 Å². The van der Waals surface area contributed by atoms with E-state index >= 15 is 0 Å². The Morgan fingerprint density at radius 1 is 1.13 bits per heavy atom. The Hall–Kier alpha value is -2.83. The van der Waals surface area contributed by atoms with Gasteiger partial charge in [0, 0.05) is 30.4 Å². The van der Waals surface area contributed by atoms with Crippen LogP contribution in [-0.2, 0) is 11.3 Å². The number of hydrogen-bond donors (Lipinski definition) is 1. The van der Waals surface area contributed by atoms with E-state index in [0.717, 1.165) is 11.3 Å². The third-order valence-corrected chi connectivity index (χ3v) is 5.40. The second-order valence-corrected chi connectivity index (χ2v) is 8.49. The molecule has 0 aliphatic heterocycles. The molecular weight excluding hydrogens is 435 g/mol. The summed E-state index contributed by atoms with van der Waals surface area (Å²) in [6, 6.07) is 13.7. The molecule has 2 amide bonds. The highest BCUT2D eigenvalue weighted by Gasteiger charge is 2.28. The van der Waals surface area contributed by atoms with Gasteiger partial charge in [-0.2, -0.15) is 5.10 Å². The third kappa shape index (κ3) is 5.66. The van der Waals surface area contributed by atoms with E-state index in [9.17, 15) is 9.59 Å². The summed E-state index contributed by atoms with van der Waals surface area (Å²) < 4.78 is 1.76. The number of likely N-dealkylation sites (N-methyl/N-ethyl adjacent to an activating group) is 1. The summed E-state index contributed by atoms with van der Waals surface area (Å²) in [7, 11) is 1.71. The van der Waals surface area contributed by atoms with Crippen LogP contribution in [0.2, 0.25) is 10.0 Å². The molecule has 0 unspecified atom stereocenters. The van der Waals surface area contributed by atoms with Crippen LogP contribution in [0.25, 0.3) is 5.69 Å². The van der Waals surface area contributed by atoms with E-state index in [0.29, 0.717) is 11.6 Å². The molecule has 0 aliphatic carbocycles. The van der Waals surface area contributed by atoms with Gasteiger partial charge in [-0.3, -0.25) is 9.59 Å². The first-order valence-corrected chi connectivity index (χ1v) is 10.6. The van der Waals surface area contributed by atoms with Crippen molar-refractivity contribution in [2.75, 3.05) is 7.05 Å². The van der Waals surface area contributed by atoms with Crippen LogP contribution in [0.5, 0.6) is 0 Å². The van der Waals surface area contributed by atoms with Crippen molar-refractivity contribution in [2.24, 2.45) is 5.92 Å². The van der Waals surface area contributed by atoms with Crippen molar-refractivity contribution in [3.8, 4) is 5.69 Å². The maximum Gasteiger partial charge on any atom is 0.253 e. The molecule has 2 aromatic carbocycles. The van der Waals surface area contributed by atoms with Crippen molar-refractivity contribution < 1.29 is 9.59 Å². The van der Waals surface area contributed by atoms with Crippen LogP contribution in [0.1, 0.15) is 29.8 Å². The van der Waals surface area contributed by atoms with E-state index in [1.54, 1.807) is 35.0 Å². The normalized spacial score (nSPS) is 11.9. The average molecular weight is 459 g/mol. The standard InChI is InChI=1S/C23H24Cl2N4O2/c1-15(2)21(27-22(30)19-10-9-17(24)11-20(19)25)23(31)28(3)13-16-12-26-29(14-16)18-7-5-4-6-8-18/h4-12,14-15,21H,13H2,1-3H3,(H,27,30)/t21-/m0/s1. The number of amides is 2. The van der Waals surface area contributed by atoms with Gasteiger partial charge < -0.3 is 10.2 Å². The van der Waals surface area contributed by atoms with E-state index in [2.05, 4.69) is 10.4 Å². The van der Waals surface area contributed by atoms with Crippen LogP contribution in [0.4, 0.5) is 0 Å². The number of halogens is 2. The van der Waals surface area contributed by atoms with Gasteiger partial charge >= 0.3 is 0 Å². The molecule has 0 bridgehead atoms. The summed E-state index contributed by atoms with van der Waals surface area (Å²) in [5.74, 6) is -0.725. The SMILES string of the molecule is CC(C)[C@H](NC(=O)c1ccc(Cl)cc1Cl)C(=O)N(C)Cc1cnn(-c2ccccc2)c1. The topological polar surface area (TPSA) is 67.2 Å². The Bertz CT molecular complexity index is 1070. The Morgan fingerprint density at radius 2 is 1.84 bits per heavy atom. The molecule has 31 heavy (non-hydrogen) atoms. The van der Waals surface area contributed by atoms with Crippen LogP contribution in [0.15, 0.2) is 60.9 Å². The maximum absolute atomic E-state index is 13.1. The van der Waals surface area contributed by atoms with Gasteiger partial charge in [-0.05, 0) is 36.2 Å². The predicted octanol–water partition coefficient (Wildman–Crippen LogP) is 4.59. The Labute approximate surface area is 191 Å². The number of para-hydroxylation sites is 1. The Kier molecular flexibility index (Phi) is 7.36. The zero-order valence-corrected chi connectivity index (χ0v) is 19.1. The van der Waals surface area contributed by atoms with Crippen LogP contribution in [0, 0.1) is 5.92 Å². The van der Waals surface area contributed by atoms with E-state index in [1.807, 2.05) is 50.4 Å². The molecular formula is C23H24Cl2N4O2. The lowest BCUT2D eigenvalue weighted by molar-refractivity contribution is -0.133. The number of carbonyl (C=O) groups excluding carboxylic acids is 2. The van der Waals surface area contributed by atoms with E-state index in [4.69, 9.17) is 23.2 Å². The largest absolute Gasteiger partial charge is 0.340 e. The van der Waals surface area contributed by atoms with Gasteiger partial charge in [0.05, 0.1) is 22.5 Å². The molecule has 6 nitrogen and oxygen atoms in total. The van der Waals surface area contributed by atoms with Crippen molar-refractivity contribution in [2.45, 2.75) is 26.4 Å². The highest BCUT2D eigenvalue weighted by atomic mass is 35.5. The van der Waals surface area contributed by atoms with Gasteiger partial charge in [-0.1, -0.05) is 55.2 Å².